The number of nitro groups is 2. The van der Waals surface area contributed by atoms with E-state index in [9.17, 15) is 25.0 Å². The number of pyridine rings is 1. The van der Waals surface area contributed by atoms with Gasteiger partial charge in [-0.3, -0.25) is 25.0 Å². The number of rotatable bonds is 4. The molecule has 0 fully saturated rings. The van der Waals surface area contributed by atoms with Gasteiger partial charge < -0.3 is 5.32 Å². The number of hydrogen-bond donors (Lipinski definition) is 1. The van der Waals surface area contributed by atoms with E-state index < -0.39 is 9.85 Å². The summed E-state index contributed by atoms with van der Waals surface area (Å²) in [5.41, 5.74) is 0.101. The van der Waals surface area contributed by atoms with Crippen molar-refractivity contribution in [1.82, 2.24) is 0 Å². The molecule has 130 valence electrons. The van der Waals surface area contributed by atoms with Gasteiger partial charge in [-0.05, 0) is 12.1 Å². The van der Waals surface area contributed by atoms with Gasteiger partial charge in [0, 0.05) is 41.6 Å². The van der Waals surface area contributed by atoms with Crippen LogP contribution >= 0.6 is 0 Å². The average molecular weight is 353 g/mol. The fourth-order valence-corrected chi connectivity index (χ4v) is 2.67. The summed E-state index contributed by atoms with van der Waals surface area (Å²) in [6.07, 6.45) is 3.26. The molecule has 1 N–H and O–H groups in total. The SMILES string of the molecule is CC(=O)Nc1cccc2c[n+](-c3ccc([N+](=O)[O-])cc3[N+](=O)[O-])ccc12. The molecule has 0 aliphatic heterocycles. The molecule has 0 atom stereocenters. The number of nitro benzene ring substituents is 2. The van der Waals surface area contributed by atoms with Crippen molar-refractivity contribution in [2.75, 3.05) is 5.32 Å². The van der Waals surface area contributed by atoms with Gasteiger partial charge in [0.15, 0.2) is 12.4 Å². The first-order chi connectivity index (χ1) is 12.4. The molecule has 0 aliphatic carbocycles. The summed E-state index contributed by atoms with van der Waals surface area (Å²) in [5.74, 6) is -0.208. The Morgan fingerprint density at radius 1 is 1.08 bits per heavy atom. The van der Waals surface area contributed by atoms with Crippen molar-refractivity contribution in [2.24, 2.45) is 0 Å². The normalized spacial score (nSPS) is 10.5. The third-order valence-corrected chi connectivity index (χ3v) is 3.78. The van der Waals surface area contributed by atoms with Crippen LogP contribution < -0.4 is 9.88 Å². The van der Waals surface area contributed by atoms with Crippen molar-refractivity contribution in [3.8, 4) is 5.69 Å². The average Bonchev–Trinajstić information content (AvgIpc) is 2.60. The van der Waals surface area contributed by atoms with Crippen LogP contribution in [0.1, 0.15) is 6.92 Å². The molecule has 9 nitrogen and oxygen atoms in total. The van der Waals surface area contributed by atoms with Crippen LogP contribution in [-0.2, 0) is 4.79 Å². The third kappa shape index (κ3) is 3.18. The van der Waals surface area contributed by atoms with E-state index in [2.05, 4.69) is 5.32 Å². The molecule has 0 spiro atoms. The number of hydrogen-bond acceptors (Lipinski definition) is 5. The van der Waals surface area contributed by atoms with Gasteiger partial charge in [0.1, 0.15) is 6.07 Å². The Bertz CT molecular complexity index is 1060. The van der Waals surface area contributed by atoms with Crippen LogP contribution in [0.5, 0.6) is 0 Å². The summed E-state index contributed by atoms with van der Waals surface area (Å²) < 4.78 is 1.52. The molecule has 1 heterocycles. The lowest BCUT2D eigenvalue weighted by Crippen LogP contribution is -2.30. The molecule has 2 aromatic carbocycles. The molecule has 0 saturated carbocycles. The Hall–Kier alpha value is -3.88. The number of nitrogens with zero attached hydrogens (tertiary/aromatic N) is 3. The van der Waals surface area contributed by atoms with Crippen LogP contribution in [0.2, 0.25) is 0 Å². The quantitative estimate of drug-likeness (QED) is 0.439. The maximum Gasteiger partial charge on any atom is 0.347 e. The maximum absolute atomic E-state index is 11.3. The Kier molecular flexibility index (Phi) is 4.27. The van der Waals surface area contributed by atoms with Crippen LogP contribution in [0.4, 0.5) is 17.1 Å². The molecule has 9 heteroatoms. The Morgan fingerprint density at radius 3 is 2.50 bits per heavy atom. The van der Waals surface area contributed by atoms with Gasteiger partial charge in [-0.15, -0.1) is 0 Å². The molecule has 1 amide bonds. The Balaban J connectivity index is 2.16. The number of amides is 1. The summed E-state index contributed by atoms with van der Waals surface area (Å²) >= 11 is 0. The van der Waals surface area contributed by atoms with Crippen molar-refractivity contribution in [1.29, 1.82) is 0 Å². The number of carbonyl (C=O) groups excluding carboxylic acids is 1. The molecular formula is C17H13N4O5+. The first-order valence-corrected chi connectivity index (χ1v) is 7.51. The van der Waals surface area contributed by atoms with Crippen molar-refractivity contribution >= 4 is 33.7 Å². The van der Waals surface area contributed by atoms with Gasteiger partial charge in [0.05, 0.1) is 9.85 Å². The smallest absolute Gasteiger partial charge is 0.326 e. The van der Waals surface area contributed by atoms with Crippen LogP contribution in [0.3, 0.4) is 0 Å². The van der Waals surface area contributed by atoms with E-state index in [1.807, 2.05) is 0 Å². The lowest BCUT2D eigenvalue weighted by Gasteiger charge is -2.06. The Morgan fingerprint density at radius 2 is 1.85 bits per heavy atom. The second-order valence-electron chi connectivity index (χ2n) is 5.53. The van der Waals surface area contributed by atoms with Crippen molar-refractivity contribution in [3.63, 3.8) is 0 Å². The number of non-ortho nitro benzene ring substituents is 1. The predicted octanol–water partition coefficient (Wildman–Crippen LogP) is 2.89. The molecule has 3 rings (SSSR count). The zero-order valence-electron chi connectivity index (χ0n) is 13.6. The lowest BCUT2D eigenvalue weighted by atomic mass is 10.1. The topological polar surface area (TPSA) is 119 Å². The second-order valence-corrected chi connectivity index (χ2v) is 5.53. The minimum absolute atomic E-state index is 0.201. The van der Waals surface area contributed by atoms with E-state index >= 15 is 0 Å². The van der Waals surface area contributed by atoms with Crippen LogP contribution in [0.25, 0.3) is 16.5 Å². The number of nitrogens with one attached hydrogen (secondary N) is 1. The van der Waals surface area contributed by atoms with Crippen molar-refractivity contribution in [3.05, 3.63) is 75.1 Å². The first-order valence-electron chi connectivity index (χ1n) is 7.51. The molecule has 1 aromatic heterocycles. The third-order valence-electron chi connectivity index (χ3n) is 3.78. The predicted molar refractivity (Wildman–Crippen MR) is 93.1 cm³/mol. The van der Waals surface area contributed by atoms with Gasteiger partial charge in [0.25, 0.3) is 11.4 Å². The first kappa shape index (κ1) is 17.0. The number of fused-ring (bicyclic) bond motifs is 1. The zero-order chi connectivity index (χ0) is 18.8. The number of benzene rings is 2. The van der Waals surface area contributed by atoms with Gasteiger partial charge in [-0.2, -0.15) is 4.57 Å². The minimum Gasteiger partial charge on any atom is -0.326 e. The van der Waals surface area contributed by atoms with Crippen LogP contribution in [-0.4, -0.2) is 15.8 Å². The highest BCUT2D eigenvalue weighted by molar-refractivity contribution is 6.00. The van der Waals surface area contributed by atoms with Gasteiger partial charge >= 0.3 is 5.69 Å². The minimum atomic E-state index is -0.679. The summed E-state index contributed by atoms with van der Waals surface area (Å²) in [4.78, 5) is 32.2. The van der Waals surface area contributed by atoms with E-state index in [1.54, 1.807) is 36.7 Å². The van der Waals surface area contributed by atoms with E-state index in [4.69, 9.17) is 0 Å². The fourth-order valence-electron chi connectivity index (χ4n) is 2.67. The van der Waals surface area contributed by atoms with E-state index in [1.165, 1.54) is 23.6 Å². The van der Waals surface area contributed by atoms with Crippen molar-refractivity contribution < 1.29 is 19.2 Å². The van der Waals surface area contributed by atoms with Crippen LogP contribution in [0.15, 0.2) is 54.9 Å². The zero-order valence-corrected chi connectivity index (χ0v) is 13.6. The monoisotopic (exact) mass is 353 g/mol. The highest BCUT2D eigenvalue weighted by atomic mass is 16.6. The number of anilines is 1. The van der Waals surface area contributed by atoms with E-state index in [-0.39, 0.29) is 23.0 Å². The second kappa shape index (κ2) is 6.55. The summed E-state index contributed by atoms with van der Waals surface area (Å²) in [6.45, 7) is 1.40. The van der Waals surface area contributed by atoms with Gasteiger partial charge in [0.2, 0.25) is 5.91 Å². The summed E-state index contributed by atoms with van der Waals surface area (Å²) in [5, 5.41) is 26.4. The standard InChI is InChI=1S/C17H12N4O5/c1-11(22)18-15-4-2-3-12-10-19(8-7-14(12)15)16-6-5-13(20(23)24)9-17(16)21(25)26/h2-10H,1H3/p+1. The number of aromatic nitrogens is 1. The largest absolute Gasteiger partial charge is 0.347 e. The molecule has 0 radical (unpaired) electrons. The Labute approximate surface area is 146 Å². The highest BCUT2D eigenvalue weighted by Gasteiger charge is 2.26. The summed E-state index contributed by atoms with van der Waals surface area (Å²) in [6, 6.07) is 10.5. The molecule has 0 saturated heterocycles. The molecule has 0 bridgehead atoms. The molecule has 0 aliphatic rings. The van der Waals surface area contributed by atoms with Gasteiger partial charge in [-0.25, -0.2) is 0 Å². The fraction of sp³-hybridized carbons (Fsp3) is 0.0588. The van der Waals surface area contributed by atoms with Crippen LogP contribution in [0, 0.1) is 20.2 Å². The molecular weight excluding hydrogens is 340 g/mol. The molecule has 26 heavy (non-hydrogen) atoms. The van der Waals surface area contributed by atoms with E-state index in [0.29, 0.717) is 5.69 Å². The van der Waals surface area contributed by atoms with Gasteiger partial charge in [-0.1, -0.05) is 6.07 Å². The molecule has 3 aromatic rings. The van der Waals surface area contributed by atoms with E-state index in [0.717, 1.165) is 16.8 Å². The summed E-state index contributed by atoms with van der Waals surface area (Å²) in [7, 11) is 0. The lowest BCUT2D eigenvalue weighted by molar-refractivity contribution is -0.599. The maximum atomic E-state index is 11.3. The highest BCUT2D eigenvalue weighted by Crippen LogP contribution is 2.26. The molecule has 0 unspecified atom stereocenters. The number of carbonyl (C=O) groups is 1. The van der Waals surface area contributed by atoms with Crippen molar-refractivity contribution in [2.45, 2.75) is 6.92 Å².